The number of hydrogen-bond acceptors (Lipinski definition) is 3. The van der Waals surface area contributed by atoms with E-state index in [-0.39, 0.29) is 5.91 Å². The number of rotatable bonds is 6. The quantitative estimate of drug-likeness (QED) is 0.765. The highest BCUT2D eigenvalue weighted by molar-refractivity contribution is 6.18. The molecule has 4 nitrogen and oxygen atoms in total. The zero-order valence-corrected chi connectivity index (χ0v) is 11.5. The summed E-state index contributed by atoms with van der Waals surface area (Å²) in [6.45, 7) is 1.45. The van der Waals surface area contributed by atoms with Crippen LogP contribution in [-0.2, 0) is 4.74 Å². The van der Waals surface area contributed by atoms with E-state index < -0.39 is 0 Å². The number of alkyl halides is 1. The standard InChI is InChI=1S/C14H16ClNO3/c1-18-9-8-16(7-6-15)14(17)13-10-11-4-2-3-5-12(11)19-13/h2-5,10H,6-9H2,1H3. The Labute approximate surface area is 116 Å². The van der Waals surface area contributed by atoms with Crippen molar-refractivity contribution in [3.8, 4) is 0 Å². The number of hydrogen-bond donors (Lipinski definition) is 0. The lowest BCUT2D eigenvalue weighted by atomic mass is 10.2. The molecule has 0 aliphatic carbocycles. The van der Waals surface area contributed by atoms with E-state index >= 15 is 0 Å². The van der Waals surface area contributed by atoms with E-state index in [9.17, 15) is 4.79 Å². The molecule has 0 radical (unpaired) electrons. The number of para-hydroxylation sites is 1. The van der Waals surface area contributed by atoms with Gasteiger partial charge in [0.25, 0.3) is 5.91 Å². The van der Waals surface area contributed by atoms with E-state index in [1.165, 1.54) is 0 Å². The van der Waals surface area contributed by atoms with Crippen molar-refractivity contribution < 1.29 is 13.9 Å². The van der Waals surface area contributed by atoms with Crippen molar-refractivity contribution in [1.29, 1.82) is 0 Å². The Morgan fingerprint density at radius 1 is 1.37 bits per heavy atom. The number of benzene rings is 1. The largest absolute Gasteiger partial charge is 0.451 e. The van der Waals surface area contributed by atoms with Crippen LogP contribution in [0.5, 0.6) is 0 Å². The first-order chi connectivity index (χ1) is 9.26. The average molecular weight is 282 g/mol. The van der Waals surface area contributed by atoms with Crippen molar-refractivity contribution in [2.75, 3.05) is 32.7 Å². The molecule has 1 aromatic carbocycles. The Kier molecular flexibility index (Phi) is 4.82. The summed E-state index contributed by atoms with van der Waals surface area (Å²) in [7, 11) is 1.60. The fourth-order valence-electron chi connectivity index (χ4n) is 1.86. The molecule has 0 fully saturated rings. The fourth-order valence-corrected chi connectivity index (χ4v) is 2.07. The molecule has 1 aromatic heterocycles. The van der Waals surface area contributed by atoms with Crippen LogP contribution in [0.15, 0.2) is 34.7 Å². The van der Waals surface area contributed by atoms with Crippen molar-refractivity contribution in [2.45, 2.75) is 0 Å². The van der Waals surface area contributed by atoms with Crippen LogP contribution in [-0.4, -0.2) is 43.5 Å². The van der Waals surface area contributed by atoms with Crippen LogP contribution in [0.3, 0.4) is 0 Å². The molecule has 0 N–H and O–H groups in total. The SMILES string of the molecule is COCCN(CCCl)C(=O)c1cc2ccccc2o1. The van der Waals surface area contributed by atoms with Gasteiger partial charge in [0, 0.05) is 31.5 Å². The first kappa shape index (κ1) is 13.9. The molecule has 1 heterocycles. The molecule has 5 heteroatoms. The zero-order valence-electron chi connectivity index (χ0n) is 10.8. The topological polar surface area (TPSA) is 42.7 Å². The zero-order chi connectivity index (χ0) is 13.7. The maximum absolute atomic E-state index is 12.3. The summed E-state index contributed by atoms with van der Waals surface area (Å²) >= 11 is 5.72. The molecule has 102 valence electrons. The summed E-state index contributed by atoms with van der Waals surface area (Å²) in [5.74, 6) is 0.562. The summed E-state index contributed by atoms with van der Waals surface area (Å²) in [6.07, 6.45) is 0. The van der Waals surface area contributed by atoms with Gasteiger partial charge in [-0.15, -0.1) is 11.6 Å². The summed E-state index contributed by atoms with van der Waals surface area (Å²) in [6, 6.07) is 9.30. The van der Waals surface area contributed by atoms with Gasteiger partial charge in [-0.25, -0.2) is 0 Å². The number of nitrogens with zero attached hydrogens (tertiary/aromatic N) is 1. The predicted octanol–water partition coefficient (Wildman–Crippen LogP) is 2.76. The third-order valence-electron chi connectivity index (χ3n) is 2.84. The van der Waals surface area contributed by atoms with Crippen LogP contribution in [0, 0.1) is 0 Å². The average Bonchev–Trinajstić information content (AvgIpc) is 2.86. The first-order valence-corrected chi connectivity index (χ1v) is 6.62. The molecule has 0 spiro atoms. The summed E-state index contributed by atoms with van der Waals surface area (Å²) < 4.78 is 10.6. The maximum atomic E-state index is 12.3. The molecular weight excluding hydrogens is 266 g/mol. The minimum atomic E-state index is -0.158. The smallest absolute Gasteiger partial charge is 0.289 e. The second kappa shape index (κ2) is 6.59. The lowest BCUT2D eigenvalue weighted by molar-refractivity contribution is 0.0679. The first-order valence-electron chi connectivity index (χ1n) is 6.09. The van der Waals surface area contributed by atoms with Crippen LogP contribution in [0.25, 0.3) is 11.0 Å². The van der Waals surface area contributed by atoms with Crippen LogP contribution in [0.1, 0.15) is 10.6 Å². The van der Waals surface area contributed by atoms with Gasteiger partial charge in [-0.3, -0.25) is 4.79 Å². The maximum Gasteiger partial charge on any atom is 0.289 e. The van der Waals surface area contributed by atoms with Crippen molar-refractivity contribution in [2.24, 2.45) is 0 Å². The van der Waals surface area contributed by atoms with Gasteiger partial charge in [-0.05, 0) is 12.1 Å². The van der Waals surface area contributed by atoms with Crippen molar-refractivity contribution >= 4 is 28.5 Å². The van der Waals surface area contributed by atoms with Gasteiger partial charge in [0.2, 0.25) is 0 Å². The number of fused-ring (bicyclic) bond motifs is 1. The van der Waals surface area contributed by atoms with Gasteiger partial charge in [0.1, 0.15) is 5.58 Å². The minimum absolute atomic E-state index is 0.158. The van der Waals surface area contributed by atoms with Crippen LogP contribution < -0.4 is 0 Å². The third kappa shape index (κ3) is 3.28. The summed E-state index contributed by atoms with van der Waals surface area (Å²) in [5.41, 5.74) is 0.711. The van der Waals surface area contributed by atoms with Gasteiger partial charge in [0.15, 0.2) is 5.76 Å². The molecule has 0 bridgehead atoms. The van der Waals surface area contributed by atoms with Gasteiger partial charge >= 0.3 is 0 Å². The molecule has 0 unspecified atom stereocenters. The fraction of sp³-hybridized carbons (Fsp3) is 0.357. The van der Waals surface area contributed by atoms with E-state index in [2.05, 4.69) is 0 Å². The minimum Gasteiger partial charge on any atom is -0.451 e. The number of amides is 1. The van der Waals surface area contributed by atoms with E-state index in [1.807, 2.05) is 24.3 Å². The lowest BCUT2D eigenvalue weighted by Crippen LogP contribution is -2.35. The van der Waals surface area contributed by atoms with Gasteiger partial charge in [0.05, 0.1) is 6.61 Å². The highest BCUT2D eigenvalue weighted by Gasteiger charge is 2.19. The van der Waals surface area contributed by atoms with E-state index in [0.29, 0.717) is 36.9 Å². The van der Waals surface area contributed by atoms with E-state index in [0.717, 1.165) is 5.39 Å². The highest BCUT2D eigenvalue weighted by Crippen LogP contribution is 2.20. The number of carbonyl (C=O) groups is 1. The normalized spacial score (nSPS) is 10.8. The van der Waals surface area contributed by atoms with Crippen LogP contribution in [0.2, 0.25) is 0 Å². The Morgan fingerprint density at radius 2 is 2.16 bits per heavy atom. The van der Waals surface area contributed by atoms with E-state index in [4.69, 9.17) is 20.8 Å². The van der Waals surface area contributed by atoms with Crippen molar-refractivity contribution in [1.82, 2.24) is 4.90 Å². The Bertz CT molecular complexity index is 519. The molecule has 0 atom stereocenters. The second-order valence-corrected chi connectivity index (χ2v) is 4.50. The lowest BCUT2D eigenvalue weighted by Gasteiger charge is -2.19. The third-order valence-corrected chi connectivity index (χ3v) is 3.01. The molecule has 0 saturated heterocycles. The number of ether oxygens (including phenoxy) is 1. The van der Waals surface area contributed by atoms with Crippen molar-refractivity contribution in [3.05, 3.63) is 36.1 Å². The molecule has 0 aliphatic rings. The van der Waals surface area contributed by atoms with E-state index in [1.54, 1.807) is 18.1 Å². The summed E-state index contributed by atoms with van der Waals surface area (Å²) in [5, 5.41) is 0.920. The number of halogens is 1. The summed E-state index contributed by atoms with van der Waals surface area (Å²) in [4.78, 5) is 14.0. The monoisotopic (exact) mass is 281 g/mol. The molecule has 19 heavy (non-hydrogen) atoms. The van der Waals surface area contributed by atoms with Crippen LogP contribution in [0.4, 0.5) is 0 Å². The number of furan rings is 1. The molecule has 0 aliphatic heterocycles. The van der Waals surface area contributed by atoms with Crippen molar-refractivity contribution in [3.63, 3.8) is 0 Å². The predicted molar refractivity (Wildman–Crippen MR) is 74.7 cm³/mol. The Hall–Kier alpha value is -1.52. The molecular formula is C14H16ClNO3. The van der Waals surface area contributed by atoms with Crippen LogP contribution >= 0.6 is 11.6 Å². The molecule has 2 rings (SSSR count). The second-order valence-electron chi connectivity index (χ2n) is 4.12. The number of carbonyl (C=O) groups excluding carboxylic acids is 1. The molecule has 2 aromatic rings. The molecule has 0 saturated carbocycles. The highest BCUT2D eigenvalue weighted by atomic mass is 35.5. The van der Waals surface area contributed by atoms with Gasteiger partial charge in [-0.2, -0.15) is 0 Å². The molecule has 1 amide bonds. The number of methoxy groups -OCH3 is 1. The Balaban J connectivity index is 2.19. The van der Waals surface area contributed by atoms with Gasteiger partial charge < -0.3 is 14.1 Å². The Morgan fingerprint density at radius 3 is 2.84 bits per heavy atom. The van der Waals surface area contributed by atoms with Gasteiger partial charge in [-0.1, -0.05) is 18.2 Å².